The second-order valence-electron chi connectivity index (χ2n) is 6.31. The summed E-state index contributed by atoms with van der Waals surface area (Å²) in [5.41, 5.74) is 0.366. The fourth-order valence-corrected chi connectivity index (χ4v) is 2.23. The van der Waals surface area contributed by atoms with Gasteiger partial charge in [-0.3, -0.25) is 0 Å². The van der Waals surface area contributed by atoms with Crippen molar-refractivity contribution in [2.45, 2.75) is 79.4 Å². The molecule has 0 radical (unpaired) electrons. The molecule has 0 aliphatic carbocycles. The van der Waals surface area contributed by atoms with Crippen LogP contribution in [0.2, 0.25) is 0 Å². The van der Waals surface area contributed by atoms with E-state index in [4.69, 9.17) is 4.74 Å². The van der Waals surface area contributed by atoms with Crippen molar-refractivity contribution in [3.8, 4) is 0 Å². The molecule has 0 bridgehead atoms. The van der Waals surface area contributed by atoms with Crippen LogP contribution in [0.15, 0.2) is 0 Å². The van der Waals surface area contributed by atoms with Gasteiger partial charge in [0, 0.05) is 12.6 Å². The maximum atomic E-state index is 6.00. The zero-order chi connectivity index (χ0) is 13.5. The van der Waals surface area contributed by atoms with Crippen molar-refractivity contribution in [3.63, 3.8) is 0 Å². The van der Waals surface area contributed by atoms with Crippen molar-refractivity contribution >= 4 is 0 Å². The van der Waals surface area contributed by atoms with Crippen molar-refractivity contribution < 1.29 is 4.74 Å². The van der Waals surface area contributed by atoms with E-state index < -0.39 is 0 Å². The summed E-state index contributed by atoms with van der Waals surface area (Å²) in [5, 5.41) is 3.61. The summed E-state index contributed by atoms with van der Waals surface area (Å²) in [6, 6.07) is 0.455. The minimum Gasteiger partial charge on any atom is -0.374 e. The normalized spacial score (nSPS) is 17.8. The van der Waals surface area contributed by atoms with E-state index in [1.807, 2.05) is 0 Å². The Labute approximate surface area is 109 Å². The molecule has 2 atom stereocenters. The number of hydrogen-bond donors (Lipinski definition) is 1. The van der Waals surface area contributed by atoms with E-state index in [-0.39, 0.29) is 5.60 Å². The van der Waals surface area contributed by atoms with Crippen LogP contribution in [0.3, 0.4) is 0 Å². The van der Waals surface area contributed by atoms with Gasteiger partial charge in [0.2, 0.25) is 0 Å². The molecule has 17 heavy (non-hydrogen) atoms. The summed E-state index contributed by atoms with van der Waals surface area (Å²) in [4.78, 5) is 0. The minimum atomic E-state index is -0.0317. The van der Waals surface area contributed by atoms with Gasteiger partial charge in [-0.2, -0.15) is 0 Å². The fraction of sp³-hybridized carbons (Fsp3) is 1.00. The highest BCUT2D eigenvalue weighted by molar-refractivity contribution is 4.89. The standard InChI is InChI=1S/C15H33NO/c1-8-15(7,17-10-3)13(16-9-2)11-12-14(4,5)6/h13,16H,8-12H2,1-7H3. The Kier molecular flexibility index (Phi) is 7.34. The van der Waals surface area contributed by atoms with Crippen LogP contribution in [-0.4, -0.2) is 24.8 Å². The Morgan fingerprint density at radius 3 is 2.00 bits per heavy atom. The Bertz CT molecular complexity index is 198. The summed E-state index contributed by atoms with van der Waals surface area (Å²) in [5.74, 6) is 0. The molecule has 0 aliphatic heterocycles. The number of likely N-dealkylation sites (N-methyl/N-ethyl adjacent to an activating group) is 1. The molecular weight excluding hydrogens is 210 g/mol. The highest BCUT2D eigenvalue weighted by Crippen LogP contribution is 2.28. The fourth-order valence-electron chi connectivity index (χ4n) is 2.23. The van der Waals surface area contributed by atoms with Crippen LogP contribution >= 0.6 is 0 Å². The van der Waals surface area contributed by atoms with Gasteiger partial charge in [0.05, 0.1) is 5.60 Å². The summed E-state index contributed by atoms with van der Waals surface area (Å²) >= 11 is 0. The van der Waals surface area contributed by atoms with Gasteiger partial charge >= 0.3 is 0 Å². The summed E-state index contributed by atoms with van der Waals surface area (Å²) in [6.07, 6.45) is 3.47. The molecule has 0 amide bonds. The second kappa shape index (κ2) is 7.38. The second-order valence-corrected chi connectivity index (χ2v) is 6.31. The average molecular weight is 243 g/mol. The lowest BCUT2D eigenvalue weighted by atomic mass is 9.83. The molecule has 0 rings (SSSR count). The van der Waals surface area contributed by atoms with E-state index in [9.17, 15) is 0 Å². The van der Waals surface area contributed by atoms with E-state index >= 15 is 0 Å². The van der Waals surface area contributed by atoms with Crippen LogP contribution < -0.4 is 5.32 Å². The molecule has 1 N–H and O–H groups in total. The van der Waals surface area contributed by atoms with Crippen molar-refractivity contribution in [1.82, 2.24) is 5.32 Å². The predicted molar refractivity (Wildman–Crippen MR) is 76.5 cm³/mol. The molecule has 0 fully saturated rings. The minimum absolute atomic E-state index is 0.0317. The van der Waals surface area contributed by atoms with Gasteiger partial charge in [-0.1, -0.05) is 34.6 Å². The Hall–Kier alpha value is -0.0800. The van der Waals surface area contributed by atoms with Crippen LogP contribution in [0.5, 0.6) is 0 Å². The monoisotopic (exact) mass is 243 g/mol. The quantitative estimate of drug-likeness (QED) is 0.696. The Morgan fingerprint density at radius 1 is 1.06 bits per heavy atom. The van der Waals surface area contributed by atoms with Crippen LogP contribution in [0.25, 0.3) is 0 Å². The predicted octanol–water partition coefficient (Wildman–Crippen LogP) is 4.00. The molecule has 2 heteroatoms. The highest BCUT2D eigenvalue weighted by atomic mass is 16.5. The topological polar surface area (TPSA) is 21.3 Å². The van der Waals surface area contributed by atoms with Gasteiger partial charge in [-0.05, 0) is 45.1 Å². The van der Waals surface area contributed by atoms with Crippen molar-refractivity contribution in [2.75, 3.05) is 13.2 Å². The molecule has 0 spiro atoms. The molecular formula is C15H33NO. The summed E-state index contributed by atoms with van der Waals surface area (Å²) < 4.78 is 6.00. The maximum Gasteiger partial charge on any atom is 0.0803 e. The number of rotatable bonds is 8. The van der Waals surface area contributed by atoms with Gasteiger partial charge in [0.25, 0.3) is 0 Å². The molecule has 0 aromatic carbocycles. The molecule has 0 aromatic rings. The third-order valence-electron chi connectivity index (χ3n) is 3.55. The number of hydrogen-bond acceptors (Lipinski definition) is 2. The Morgan fingerprint density at radius 2 is 1.65 bits per heavy atom. The zero-order valence-corrected chi connectivity index (χ0v) is 13.0. The Balaban J connectivity index is 4.57. The molecule has 0 aliphatic rings. The lowest BCUT2D eigenvalue weighted by Crippen LogP contribution is -2.50. The SMILES string of the molecule is CCNC(CCC(C)(C)C)C(C)(CC)OCC. The van der Waals surface area contributed by atoms with E-state index in [1.165, 1.54) is 12.8 Å². The first-order valence-corrected chi connectivity index (χ1v) is 7.16. The third kappa shape index (κ3) is 6.42. The highest BCUT2D eigenvalue weighted by Gasteiger charge is 2.33. The lowest BCUT2D eigenvalue weighted by molar-refractivity contribution is -0.0584. The molecule has 0 aromatic heterocycles. The van der Waals surface area contributed by atoms with Crippen molar-refractivity contribution in [2.24, 2.45) is 5.41 Å². The van der Waals surface area contributed by atoms with Crippen LogP contribution in [0, 0.1) is 5.41 Å². The van der Waals surface area contributed by atoms with Gasteiger partial charge in [0.1, 0.15) is 0 Å². The zero-order valence-electron chi connectivity index (χ0n) is 13.0. The maximum absolute atomic E-state index is 6.00. The third-order valence-corrected chi connectivity index (χ3v) is 3.55. The van der Waals surface area contributed by atoms with E-state index in [1.54, 1.807) is 0 Å². The van der Waals surface area contributed by atoms with E-state index in [0.29, 0.717) is 11.5 Å². The van der Waals surface area contributed by atoms with Gasteiger partial charge in [-0.25, -0.2) is 0 Å². The van der Waals surface area contributed by atoms with Crippen LogP contribution in [0.4, 0.5) is 0 Å². The van der Waals surface area contributed by atoms with Gasteiger partial charge < -0.3 is 10.1 Å². The number of nitrogens with one attached hydrogen (secondary N) is 1. The molecule has 0 saturated carbocycles. The molecule has 0 heterocycles. The van der Waals surface area contributed by atoms with Crippen LogP contribution in [0.1, 0.15) is 67.7 Å². The first-order valence-electron chi connectivity index (χ1n) is 7.16. The average Bonchev–Trinajstić information content (AvgIpc) is 2.23. The first-order chi connectivity index (χ1) is 7.79. The van der Waals surface area contributed by atoms with Crippen LogP contribution in [-0.2, 0) is 4.74 Å². The van der Waals surface area contributed by atoms with Crippen molar-refractivity contribution in [1.29, 1.82) is 0 Å². The van der Waals surface area contributed by atoms with Gasteiger partial charge in [-0.15, -0.1) is 0 Å². The molecule has 104 valence electrons. The smallest absolute Gasteiger partial charge is 0.0803 e. The summed E-state index contributed by atoms with van der Waals surface area (Å²) in [7, 11) is 0. The van der Waals surface area contributed by atoms with E-state index in [2.05, 4.69) is 53.8 Å². The summed E-state index contributed by atoms with van der Waals surface area (Å²) in [6.45, 7) is 17.4. The lowest BCUT2D eigenvalue weighted by Gasteiger charge is -2.38. The molecule has 2 unspecified atom stereocenters. The van der Waals surface area contributed by atoms with E-state index in [0.717, 1.165) is 19.6 Å². The number of ether oxygens (including phenoxy) is 1. The molecule has 0 saturated heterocycles. The molecule has 2 nitrogen and oxygen atoms in total. The first kappa shape index (κ1) is 16.9. The van der Waals surface area contributed by atoms with Gasteiger partial charge in [0.15, 0.2) is 0 Å². The van der Waals surface area contributed by atoms with Crippen molar-refractivity contribution in [3.05, 3.63) is 0 Å². The largest absolute Gasteiger partial charge is 0.374 e.